The van der Waals surface area contributed by atoms with Gasteiger partial charge >= 0.3 is 6.18 Å². The molecule has 0 aliphatic rings. The number of nitrogens with one attached hydrogen (secondary N) is 1. The van der Waals surface area contributed by atoms with Crippen molar-refractivity contribution in [2.24, 2.45) is 0 Å². The first-order valence-corrected chi connectivity index (χ1v) is 10.8. The summed E-state index contributed by atoms with van der Waals surface area (Å²) >= 11 is 0. The highest BCUT2D eigenvalue weighted by Crippen LogP contribution is 2.26. The maximum atomic E-state index is 13.7. The van der Waals surface area contributed by atoms with Gasteiger partial charge in [0, 0.05) is 23.2 Å². The van der Waals surface area contributed by atoms with Gasteiger partial charge in [-0.15, -0.1) is 0 Å². The van der Waals surface area contributed by atoms with Crippen molar-refractivity contribution in [2.75, 3.05) is 11.1 Å². The van der Waals surface area contributed by atoms with Gasteiger partial charge in [0.05, 0.1) is 16.8 Å². The number of nitrogen functional groups attached to an aromatic ring is 1. The number of halogens is 3. The molecular formula is C25H23F3N6O. The van der Waals surface area contributed by atoms with Crippen LogP contribution in [0.15, 0.2) is 59.5 Å². The summed E-state index contributed by atoms with van der Waals surface area (Å²) in [5.74, 6) is 0.380. The summed E-state index contributed by atoms with van der Waals surface area (Å²) in [5, 5.41) is 3.01. The predicted molar refractivity (Wildman–Crippen MR) is 130 cm³/mol. The first kappa shape index (κ1) is 23.9. The van der Waals surface area contributed by atoms with Crippen LogP contribution in [0.25, 0.3) is 28.4 Å². The summed E-state index contributed by atoms with van der Waals surface area (Å²) in [4.78, 5) is 26.4. The fraction of sp³-hybridized carbons (Fsp3) is 0.200. The third kappa shape index (κ3) is 4.59. The average Bonchev–Trinajstić information content (AvgIpc) is 2.82. The van der Waals surface area contributed by atoms with Crippen molar-refractivity contribution in [2.45, 2.75) is 33.0 Å². The molecular weight excluding hydrogens is 457 g/mol. The Morgan fingerprint density at radius 1 is 1.14 bits per heavy atom. The van der Waals surface area contributed by atoms with Gasteiger partial charge in [-0.05, 0) is 56.3 Å². The van der Waals surface area contributed by atoms with E-state index in [9.17, 15) is 18.0 Å². The van der Waals surface area contributed by atoms with Crippen LogP contribution >= 0.6 is 0 Å². The van der Waals surface area contributed by atoms with Crippen molar-refractivity contribution >= 4 is 34.4 Å². The van der Waals surface area contributed by atoms with Crippen molar-refractivity contribution < 1.29 is 13.2 Å². The van der Waals surface area contributed by atoms with Gasteiger partial charge in [-0.25, -0.2) is 4.98 Å². The van der Waals surface area contributed by atoms with E-state index in [1.54, 1.807) is 68.6 Å². The van der Waals surface area contributed by atoms with E-state index in [1.807, 2.05) is 0 Å². The fourth-order valence-electron chi connectivity index (χ4n) is 3.92. The van der Waals surface area contributed by atoms with Crippen LogP contribution in [0.2, 0.25) is 0 Å². The standard InChI is InChI=1S/C25H23F3N6O/c1-4-16-13-19(15(3)31-22-21-18(11-8-12-30-21)32-24(29)33-22)34(17-9-6-5-7-10-17)23(35)20(16)14(2)25(26,27)28/h4-13,15H,1-3H3,(H3,29,31,32,33). The number of pyridine rings is 2. The van der Waals surface area contributed by atoms with Crippen molar-refractivity contribution in [1.29, 1.82) is 0 Å². The molecule has 1 unspecified atom stereocenters. The Labute approximate surface area is 198 Å². The van der Waals surface area contributed by atoms with Gasteiger partial charge in [0.25, 0.3) is 5.56 Å². The molecule has 0 fully saturated rings. The van der Waals surface area contributed by atoms with E-state index >= 15 is 0 Å². The molecule has 0 saturated heterocycles. The quantitative estimate of drug-likeness (QED) is 0.464. The maximum absolute atomic E-state index is 13.7. The molecule has 0 bridgehead atoms. The number of aromatic nitrogens is 4. The lowest BCUT2D eigenvalue weighted by Gasteiger charge is -2.22. The number of rotatable bonds is 4. The number of nitrogens with two attached hydrogens (primary N) is 1. The number of para-hydroxylation sites is 1. The van der Waals surface area contributed by atoms with Crippen LogP contribution in [-0.2, 0) is 0 Å². The number of alkyl halides is 3. The van der Waals surface area contributed by atoms with Crippen LogP contribution < -0.4 is 27.0 Å². The van der Waals surface area contributed by atoms with E-state index < -0.39 is 28.6 Å². The van der Waals surface area contributed by atoms with Crippen molar-refractivity contribution in [3.05, 3.63) is 81.2 Å². The number of hydrogen-bond donors (Lipinski definition) is 2. The molecule has 0 spiro atoms. The zero-order valence-electron chi connectivity index (χ0n) is 19.3. The van der Waals surface area contributed by atoms with Crippen LogP contribution in [0.4, 0.5) is 24.9 Å². The molecule has 0 amide bonds. The molecule has 180 valence electrons. The van der Waals surface area contributed by atoms with E-state index in [0.29, 0.717) is 28.2 Å². The molecule has 0 radical (unpaired) electrons. The number of hydrogen-bond acceptors (Lipinski definition) is 6. The molecule has 0 aliphatic carbocycles. The van der Waals surface area contributed by atoms with Gasteiger partial charge in [0.2, 0.25) is 5.95 Å². The summed E-state index contributed by atoms with van der Waals surface area (Å²) in [5.41, 5.74) is 6.02. The van der Waals surface area contributed by atoms with Gasteiger partial charge in [-0.3, -0.25) is 14.3 Å². The highest BCUT2D eigenvalue weighted by Gasteiger charge is 2.32. The van der Waals surface area contributed by atoms with E-state index in [4.69, 9.17) is 5.73 Å². The first-order chi connectivity index (χ1) is 16.6. The van der Waals surface area contributed by atoms with Crippen molar-refractivity contribution in [3.63, 3.8) is 0 Å². The molecule has 0 aliphatic heterocycles. The predicted octanol–water partition coefficient (Wildman–Crippen LogP) is 3.46. The van der Waals surface area contributed by atoms with Gasteiger partial charge in [0.1, 0.15) is 5.52 Å². The molecule has 3 N–H and O–H groups in total. The highest BCUT2D eigenvalue weighted by molar-refractivity contribution is 5.86. The van der Waals surface area contributed by atoms with Crippen LogP contribution in [0.5, 0.6) is 0 Å². The second-order valence-corrected chi connectivity index (χ2v) is 7.95. The lowest BCUT2D eigenvalue weighted by Crippen LogP contribution is -2.49. The Morgan fingerprint density at radius 2 is 1.86 bits per heavy atom. The molecule has 10 heteroatoms. The third-order valence-electron chi connectivity index (χ3n) is 5.66. The van der Waals surface area contributed by atoms with E-state index in [-0.39, 0.29) is 11.2 Å². The smallest absolute Gasteiger partial charge is 0.368 e. The molecule has 7 nitrogen and oxygen atoms in total. The topological polar surface area (TPSA) is 98.7 Å². The van der Waals surface area contributed by atoms with Gasteiger partial charge in [-0.1, -0.05) is 24.3 Å². The van der Waals surface area contributed by atoms with Gasteiger partial charge in [-0.2, -0.15) is 18.2 Å². The van der Waals surface area contributed by atoms with Crippen LogP contribution in [-0.4, -0.2) is 25.7 Å². The molecule has 3 aromatic heterocycles. The fourth-order valence-corrected chi connectivity index (χ4v) is 3.92. The summed E-state index contributed by atoms with van der Waals surface area (Å²) in [6, 6.07) is 13.0. The Balaban J connectivity index is 2.00. The zero-order valence-corrected chi connectivity index (χ0v) is 19.3. The third-order valence-corrected chi connectivity index (χ3v) is 5.66. The minimum absolute atomic E-state index is 0.0361. The molecule has 4 aromatic rings. The monoisotopic (exact) mass is 480 g/mol. The van der Waals surface area contributed by atoms with Gasteiger partial charge < -0.3 is 11.1 Å². The lowest BCUT2D eigenvalue weighted by molar-refractivity contribution is -0.0711. The Kier molecular flexibility index (Phi) is 6.29. The number of fused-ring (bicyclic) bond motifs is 1. The van der Waals surface area contributed by atoms with E-state index in [1.165, 1.54) is 10.6 Å². The van der Waals surface area contributed by atoms with Crippen LogP contribution in [0.1, 0.15) is 32.5 Å². The Morgan fingerprint density at radius 3 is 2.51 bits per heavy atom. The summed E-state index contributed by atoms with van der Waals surface area (Å²) in [6.07, 6.45) is -1.57. The van der Waals surface area contributed by atoms with Crippen molar-refractivity contribution in [3.8, 4) is 5.69 Å². The normalized spacial score (nSPS) is 14.2. The minimum atomic E-state index is -4.65. The molecule has 1 aromatic carbocycles. The Bertz CT molecular complexity index is 1580. The molecule has 3 heterocycles. The molecule has 35 heavy (non-hydrogen) atoms. The largest absolute Gasteiger partial charge is 0.413 e. The second kappa shape index (κ2) is 9.21. The highest BCUT2D eigenvalue weighted by atomic mass is 19.4. The van der Waals surface area contributed by atoms with Crippen LogP contribution in [0, 0.1) is 0 Å². The van der Waals surface area contributed by atoms with Crippen LogP contribution in [0.3, 0.4) is 0 Å². The zero-order chi connectivity index (χ0) is 25.3. The Hall–Kier alpha value is -4.21. The summed E-state index contributed by atoms with van der Waals surface area (Å²) in [7, 11) is 0. The second-order valence-electron chi connectivity index (χ2n) is 7.95. The minimum Gasteiger partial charge on any atom is -0.368 e. The van der Waals surface area contributed by atoms with Gasteiger partial charge in [0.15, 0.2) is 5.82 Å². The summed E-state index contributed by atoms with van der Waals surface area (Å²) < 4.78 is 42.2. The number of anilines is 2. The molecule has 4 rings (SSSR count). The average molecular weight is 480 g/mol. The maximum Gasteiger partial charge on any atom is 0.413 e. The molecule has 1 atom stereocenters. The first-order valence-electron chi connectivity index (χ1n) is 10.8. The lowest BCUT2D eigenvalue weighted by atomic mass is 10.1. The molecule has 0 saturated carbocycles. The summed E-state index contributed by atoms with van der Waals surface area (Å²) in [6.45, 7) is 4.29. The van der Waals surface area contributed by atoms with Crippen molar-refractivity contribution in [1.82, 2.24) is 19.5 Å². The number of benzene rings is 1. The van der Waals surface area contributed by atoms with E-state index in [2.05, 4.69) is 20.3 Å². The SMILES string of the molecule is CC=c1cc(C(C)Nc2nc(N)nc3cccnc23)n(-c2ccccc2)c(=O)c1=C(C)C(F)(F)F. The number of nitrogens with zero attached hydrogens (tertiary/aromatic N) is 4. The van der Waals surface area contributed by atoms with E-state index in [0.717, 1.165) is 6.92 Å².